The average Bonchev–Trinajstić information content (AvgIpc) is 2.77. The van der Waals surface area contributed by atoms with Gasteiger partial charge in [0.25, 0.3) is 0 Å². The second-order valence-electron chi connectivity index (χ2n) is 5.42. The van der Waals surface area contributed by atoms with E-state index in [-0.39, 0.29) is 0 Å². The van der Waals surface area contributed by atoms with Gasteiger partial charge in [0.15, 0.2) is 0 Å². The van der Waals surface area contributed by atoms with Gasteiger partial charge in [0.1, 0.15) is 0 Å². The van der Waals surface area contributed by atoms with Crippen molar-refractivity contribution in [2.45, 2.75) is 46.1 Å². The number of nitrogens with two attached hydrogens (primary N) is 1. The number of hydrazine groups is 1. The summed E-state index contributed by atoms with van der Waals surface area (Å²) in [5, 5.41) is 3.37. The van der Waals surface area contributed by atoms with Crippen LogP contribution < -0.4 is 21.3 Å². The zero-order chi connectivity index (χ0) is 14.5. The molecular weight excluding hydrogens is 256 g/mol. The smallest absolute Gasteiger partial charge is 0.323 e. The number of nitrogen functional groups attached to an aromatic ring is 1. The van der Waals surface area contributed by atoms with Crippen LogP contribution in [0.4, 0.5) is 11.9 Å². The summed E-state index contributed by atoms with van der Waals surface area (Å²) >= 11 is 0. The molecule has 1 saturated carbocycles. The summed E-state index contributed by atoms with van der Waals surface area (Å²) < 4.78 is 5.45. The van der Waals surface area contributed by atoms with E-state index >= 15 is 0 Å². The largest absolute Gasteiger partial charge is 0.463 e. The summed E-state index contributed by atoms with van der Waals surface area (Å²) in [6.07, 6.45) is 3.26. The van der Waals surface area contributed by atoms with Gasteiger partial charge in [0, 0.05) is 6.04 Å². The van der Waals surface area contributed by atoms with Gasteiger partial charge >= 0.3 is 6.01 Å². The van der Waals surface area contributed by atoms with E-state index in [2.05, 4.69) is 39.5 Å². The maximum absolute atomic E-state index is 5.45. The molecule has 3 unspecified atom stereocenters. The van der Waals surface area contributed by atoms with E-state index in [1.54, 1.807) is 0 Å². The molecule has 0 amide bonds. The SMILES string of the molecule is CCCOc1nc(NN)nc(NC2CCC(C)C2C)n1. The highest BCUT2D eigenvalue weighted by atomic mass is 16.5. The Labute approximate surface area is 119 Å². The van der Waals surface area contributed by atoms with Crippen molar-refractivity contribution in [3.05, 3.63) is 0 Å². The average molecular weight is 280 g/mol. The fourth-order valence-corrected chi connectivity index (χ4v) is 2.48. The molecule has 4 N–H and O–H groups in total. The molecule has 7 heteroatoms. The summed E-state index contributed by atoms with van der Waals surface area (Å²) in [5.74, 6) is 7.54. The molecule has 1 aromatic rings. The molecule has 1 heterocycles. The van der Waals surface area contributed by atoms with Crippen molar-refractivity contribution in [3.63, 3.8) is 0 Å². The third-order valence-electron chi connectivity index (χ3n) is 3.96. The van der Waals surface area contributed by atoms with Crippen molar-refractivity contribution < 1.29 is 4.74 Å². The van der Waals surface area contributed by atoms with Crippen LogP contribution in [0.2, 0.25) is 0 Å². The Morgan fingerprint density at radius 3 is 2.55 bits per heavy atom. The van der Waals surface area contributed by atoms with Crippen LogP contribution in [-0.4, -0.2) is 27.6 Å². The second kappa shape index (κ2) is 6.69. The topological polar surface area (TPSA) is 98.0 Å². The van der Waals surface area contributed by atoms with Crippen molar-refractivity contribution in [3.8, 4) is 6.01 Å². The first-order chi connectivity index (χ1) is 9.63. The van der Waals surface area contributed by atoms with Gasteiger partial charge in [-0.15, -0.1) is 0 Å². The number of rotatable bonds is 6. The second-order valence-corrected chi connectivity index (χ2v) is 5.42. The summed E-state index contributed by atoms with van der Waals surface area (Å²) in [4.78, 5) is 12.6. The quantitative estimate of drug-likeness (QED) is 0.539. The van der Waals surface area contributed by atoms with Crippen LogP contribution in [0.3, 0.4) is 0 Å². The molecular formula is C13H24N6O. The van der Waals surface area contributed by atoms with Crippen LogP contribution >= 0.6 is 0 Å². The minimum Gasteiger partial charge on any atom is -0.463 e. The van der Waals surface area contributed by atoms with Crippen LogP contribution in [0.25, 0.3) is 0 Å². The Kier molecular flexibility index (Phi) is 4.94. The molecule has 2 rings (SSSR count). The molecule has 0 aliphatic heterocycles. The Morgan fingerprint density at radius 1 is 1.20 bits per heavy atom. The van der Waals surface area contributed by atoms with Gasteiger partial charge in [-0.1, -0.05) is 20.8 Å². The maximum Gasteiger partial charge on any atom is 0.323 e. The summed E-state index contributed by atoms with van der Waals surface area (Å²) in [5.41, 5.74) is 2.45. The minimum atomic E-state index is 0.302. The van der Waals surface area contributed by atoms with E-state index in [0.29, 0.717) is 36.5 Å². The Bertz CT molecular complexity index is 441. The van der Waals surface area contributed by atoms with E-state index in [1.165, 1.54) is 6.42 Å². The predicted molar refractivity (Wildman–Crippen MR) is 78.4 cm³/mol. The van der Waals surface area contributed by atoms with Crippen molar-refractivity contribution >= 4 is 11.9 Å². The number of hydrogen-bond acceptors (Lipinski definition) is 7. The first-order valence-electron chi connectivity index (χ1n) is 7.26. The molecule has 0 aromatic carbocycles. The lowest BCUT2D eigenvalue weighted by Gasteiger charge is -2.19. The molecule has 1 fully saturated rings. The molecule has 112 valence electrons. The molecule has 0 spiro atoms. The fourth-order valence-electron chi connectivity index (χ4n) is 2.48. The highest BCUT2D eigenvalue weighted by molar-refractivity contribution is 5.36. The van der Waals surface area contributed by atoms with Crippen LogP contribution in [0.5, 0.6) is 6.01 Å². The van der Waals surface area contributed by atoms with E-state index in [1.807, 2.05) is 6.92 Å². The number of nitrogens with zero attached hydrogens (tertiary/aromatic N) is 3. The van der Waals surface area contributed by atoms with Gasteiger partial charge in [-0.05, 0) is 31.1 Å². The van der Waals surface area contributed by atoms with Gasteiger partial charge in [0.2, 0.25) is 11.9 Å². The van der Waals surface area contributed by atoms with Crippen molar-refractivity contribution in [1.29, 1.82) is 0 Å². The number of anilines is 2. The van der Waals surface area contributed by atoms with Crippen molar-refractivity contribution in [1.82, 2.24) is 15.0 Å². The Morgan fingerprint density at radius 2 is 1.95 bits per heavy atom. The van der Waals surface area contributed by atoms with Crippen LogP contribution in [0.15, 0.2) is 0 Å². The minimum absolute atomic E-state index is 0.302. The molecule has 1 aliphatic rings. The van der Waals surface area contributed by atoms with Gasteiger partial charge in [-0.2, -0.15) is 15.0 Å². The fraction of sp³-hybridized carbons (Fsp3) is 0.769. The first-order valence-corrected chi connectivity index (χ1v) is 7.26. The lowest BCUT2D eigenvalue weighted by atomic mass is 9.98. The normalized spacial score (nSPS) is 25.5. The molecule has 7 nitrogen and oxygen atoms in total. The van der Waals surface area contributed by atoms with E-state index in [9.17, 15) is 0 Å². The van der Waals surface area contributed by atoms with E-state index in [0.717, 1.165) is 18.8 Å². The lowest BCUT2D eigenvalue weighted by molar-refractivity contribution is 0.292. The monoisotopic (exact) mass is 280 g/mol. The molecule has 0 saturated heterocycles. The van der Waals surface area contributed by atoms with Crippen molar-refractivity contribution in [2.24, 2.45) is 17.7 Å². The van der Waals surface area contributed by atoms with Gasteiger partial charge in [-0.3, -0.25) is 5.43 Å². The van der Waals surface area contributed by atoms with Gasteiger partial charge in [0.05, 0.1) is 6.61 Å². The molecule has 1 aliphatic carbocycles. The number of aromatic nitrogens is 3. The molecule has 3 atom stereocenters. The lowest BCUT2D eigenvalue weighted by Crippen LogP contribution is -2.26. The Hall–Kier alpha value is -1.63. The van der Waals surface area contributed by atoms with Crippen LogP contribution in [0, 0.1) is 11.8 Å². The third-order valence-corrected chi connectivity index (χ3v) is 3.96. The molecule has 20 heavy (non-hydrogen) atoms. The molecule has 0 bridgehead atoms. The first kappa shape index (κ1) is 14.8. The highest BCUT2D eigenvalue weighted by Crippen LogP contribution is 2.32. The number of ether oxygens (including phenoxy) is 1. The van der Waals surface area contributed by atoms with Crippen molar-refractivity contribution in [2.75, 3.05) is 17.3 Å². The van der Waals surface area contributed by atoms with Crippen LogP contribution in [0.1, 0.15) is 40.0 Å². The van der Waals surface area contributed by atoms with E-state index < -0.39 is 0 Å². The van der Waals surface area contributed by atoms with Crippen LogP contribution in [-0.2, 0) is 0 Å². The third kappa shape index (κ3) is 3.47. The predicted octanol–water partition coefficient (Wildman–Crippen LogP) is 1.79. The molecule has 0 radical (unpaired) electrons. The number of nitrogens with one attached hydrogen (secondary N) is 2. The summed E-state index contributed by atoms with van der Waals surface area (Å²) in [6.45, 7) is 7.14. The highest BCUT2D eigenvalue weighted by Gasteiger charge is 2.30. The maximum atomic E-state index is 5.45. The Balaban J connectivity index is 2.10. The molecule has 1 aromatic heterocycles. The van der Waals surface area contributed by atoms with E-state index in [4.69, 9.17) is 10.6 Å². The summed E-state index contributed by atoms with van der Waals surface area (Å²) in [7, 11) is 0. The number of hydrogen-bond donors (Lipinski definition) is 3. The van der Waals surface area contributed by atoms with Gasteiger partial charge < -0.3 is 10.1 Å². The standard InChI is InChI=1S/C13H24N6O/c1-4-7-20-13-17-11(16-12(18-13)19-14)15-10-6-5-8(2)9(10)3/h8-10H,4-7,14H2,1-3H3,(H2,15,16,17,18,19). The summed E-state index contributed by atoms with van der Waals surface area (Å²) in [6, 6.07) is 0.688. The zero-order valence-electron chi connectivity index (χ0n) is 12.4. The van der Waals surface area contributed by atoms with Gasteiger partial charge in [-0.25, -0.2) is 5.84 Å². The zero-order valence-corrected chi connectivity index (χ0v) is 12.4.